The lowest BCUT2D eigenvalue weighted by Gasteiger charge is -2.21. The molecule has 11 heteroatoms. The molecule has 2 atom stereocenters. The number of halogens is 2. The molecular formula is C31H29F2N3O6. The summed E-state index contributed by atoms with van der Waals surface area (Å²) in [6, 6.07) is 17.4. The molecule has 0 aliphatic rings. The van der Waals surface area contributed by atoms with Gasteiger partial charge in [-0.05, 0) is 36.1 Å². The minimum Gasteiger partial charge on any atom is -0.479 e. The molecule has 42 heavy (non-hydrogen) atoms. The summed E-state index contributed by atoms with van der Waals surface area (Å²) in [5.41, 5.74) is 0.765. The van der Waals surface area contributed by atoms with Crippen molar-refractivity contribution in [2.75, 3.05) is 0 Å². The monoisotopic (exact) mass is 577 g/mol. The predicted octanol–water partition coefficient (Wildman–Crippen LogP) is 4.31. The highest BCUT2D eigenvalue weighted by Crippen LogP contribution is 2.30. The van der Waals surface area contributed by atoms with Gasteiger partial charge in [-0.2, -0.15) is 5.10 Å². The second-order valence-corrected chi connectivity index (χ2v) is 9.73. The molecule has 4 aromatic rings. The van der Waals surface area contributed by atoms with Gasteiger partial charge in [0, 0.05) is 16.8 Å². The van der Waals surface area contributed by atoms with Crippen LogP contribution in [0.1, 0.15) is 51.0 Å². The van der Waals surface area contributed by atoms with Crippen molar-refractivity contribution in [2.45, 2.75) is 44.9 Å². The van der Waals surface area contributed by atoms with Crippen LogP contribution in [0.15, 0.2) is 72.8 Å². The maximum atomic E-state index is 15.3. The number of nitrogens with one attached hydrogen (secondary N) is 1. The number of carbonyl (C=O) groups is 3. The van der Waals surface area contributed by atoms with Crippen molar-refractivity contribution in [3.8, 4) is 11.1 Å². The van der Waals surface area contributed by atoms with Crippen LogP contribution in [0.2, 0.25) is 0 Å². The van der Waals surface area contributed by atoms with Gasteiger partial charge in [-0.3, -0.25) is 9.48 Å². The predicted molar refractivity (Wildman–Crippen MR) is 149 cm³/mol. The Hall–Kier alpha value is -4.90. The number of rotatable bonds is 12. The molecular weight excluding hydrogens is 548 g/mol. The van der Waals surface area contributed by atoms with Gasteiger partial charge in [-0.15, -0.1) is 0 Å². The fourth-order valence-corrected chi connectivity index (χ4v) is 4.67. The summed E-state index contributed by atoms with van der Waals surface area (Å²) in [5.74, 6) is -5.90. The number of hydrogen-bond acceptors (Lipinski definition) is 5. The van der Waals surface area contributed by atoms with Gasteiger partial charge in [0.2, 0.25) is 0 Å². The summed E-state index contributed by atoms with van der Waals surface area (Å²) in [6.45, 7) is 1.67. The van der Waals surface area contributed by atoms with E-state index >= 15 is 8.78 Å². The van der Waals surface area contributed by atoms with E-state index in [0.29, 0.717) is 24.1 Å². The average molecular weight is 578 g/mol. The summed E-state index contributed by atoms with van der Waals surface area (Å²) in [7, 11) is 0. The van der Waals surface area contributed by atoms with Gasteiger partial charge in [-0.1, -0.05) is 74.0 Å². The molecule has 0 bridgehead atoms. The zero-order valence-electron chi connectivity index (χ0n) is 22.6. The Labute approximate surface area is 240 Å². The van der Waals surface area contributed by atoms with E-state index in [1.165, 1.54) is 47.1 Å². The number of amides is 1. The van der Waals surface area contributed by atoms with Crippen molar-refractivity contribution >= 4 is 17.8 Å². The molecule has 4 rings (SSSR count). The number of carboxylic acid groups (broad SMARTS) is 2. The first kappa shape index (κ1) is 30.1. The first-order chi connectivity index (χ1) is 20.1. The minimum atomic E-state index is -1.88. The van der Waals surface area contributed by atoms with Gasteiger partial charge in [0.25, 0.3) is 5.91 Å². The van der Waals surface area contributed by atoms with E-state index in [2.05, 4.69) is 10.4 Å². The lowest BCUT2D eigenvalue weighted by Crippen LogP contribution is -2.48. The third-order valence-corrected chi connectivity index (χ3v) is 6.78. The second-order valence-electron chi connectivity index (χ2n) is 9.73. The van der Waals surface area contributed by atoms with Crippen molar-refractivity contribution in [1.82, 2.24) is 15.1 Å². The van der Waals surface area contributed by atoms with Crippen molar-refractivity contribution in [3.05, 3.63) is 113 Å². The van der Waals surface area contributed by atoms with E-state index in [1.54, 1.807) is 30.3 Å². The molecule has 0 aliphatic carbocycles. The van der Waals surface area contributed by atoms with Crippen LogP contribution in [-0.2, 0) is 24.2 Å². The number of carboxylic acids is 2. The van der Waals surface area contributed by atoms with Gasteiger partial charge < -0.3 is 20.6 Å². The maximum absolute atomic E-state index is 15.3. The molecule has 218 valence electrons. The summed E-state index contributed by atoms with van der Waals surface area (Å²) in [6.07, 6.45) is -0.722. The van der Waals surface area contributed by atoms with Gasteiger partial charge >= 0.3 is 11.9 Å². The fourth-order valence-electron chi connectivity index (χ4n) is 4.67. The molecule has 1 aromatic heterocycles. The number of aromatic carboxylic acids is 1. The molecule has 0 spiro atoms. The highest BCUT2D eigenvalue weighted by Gasteiger charge is 2.29. The SMILES string of the molecule is CCCc1cc(C(=O)N[C@H](Cc2ccccc2)[C@@H](O)C(=O)O)nn1Cc1ccc(-c2ccccc2C(=O)O)c(F)c1F. The van der Waals surface area contributed by atoms with E-state index in [9.17, 15) is 29.7 Å². The van der Waals surface area contributed by atoms with Crippen molar-refractivity contribution in [2.24, 2.45) is 0 Å². The normalized spacial score (nSPS) is 12.5. The van der Waals surface area contributed by atoms with Gasteiger partial charge in [0.1, 0.15) is 5.69 Å². The minimum absolute atomic E-state index is 0.0336. The Kier molecular flexibility index (Phi) is 9.43. The van der Waals surface area contributed by atoms with Gasteiger partial charge in [0.15, 0.2) is 17.7 Å². The van der Waals surface area contributed by atoms with Crippen LogP contribution < -0.4 is 5.32 Å². The summed E-state index contributed by atoms with van der Waals surface area (Å²) >= 11 is 0. The Balaban J connectivity index is 1.61. The Bertz CT molecular complexity index is 1610. The number of aliphatic hydroxyl groups excluding tert-OH is 1. The first-order valence-corrected chi connectivity index (χ1v) is 13.2. The standard InChI is InChI=1S/C31H29F2N3O6/c1-2-8-20-16-25(29(38)34-24(28(37)31(41)42)15-18-9-4-3-5-10-18)35-36(20)17-19-13-14-22(27(33)26(19)32)21-11-6-7-12-23(21)30(39)40/h3-7,9-14,16,24,28,37H,2,8,15,17H2,1H3,(H,34,38)(H,39,40)(H,41,42)/t24-,28-/m1/s1. The molecule has 0 radical (unpaired) electrons. The van der Waals surface area contributed by atoms with Crippen LogP contribution in [0, 0.1) is 11.6 Å². The van der Waals surface area contributed by atoms with Gasteiger partial charge in [-0.25, -0.2) is 18.4 Å². The van der Waals surface area contributed by atoms with E-state index in [-0.39, 0.29) is 40.9 Å². The van der Waals surface area contributed by atoms with Crippen molar-refractivity contribution in [1.29, 1.82) is 0 Å². The molecule has 0 fully saturated rings. The van der Waals surface area contributed by atoms with Crippen LogP contribution in [0.25, 0.3) is 11.1 Å². The number of carbonyl (C=O) groups excluding carboxylic acids is 1. The molecule has 0 saturated carbocycles. The Morgan fingerprint density at radius 3 is 2.29 bits per heavy atom. The number of benzene rings is 3. The van der Waals surface area contributed by atoms with Crippen molar-refractivity contribution < 1.29 is 38.5 Å². The Morgan fingerprint density at radius 2 is 1.62 bits per heavy atom. The molecule has 1 amide bonds. The molecule has 1 heterocycles. The summed E-state index contributed by atoms with van der Waals surface area (Å²) in [4.78, 5) is 36.2. The summed E-state index contributed by atoms with van der Waals surface area (Å²) < 4.78 is 31.8. The lowest BCUT2D eigenvalue weighted by atomic mass is 9.97. The fraction of sp³-hybridized carbons (Fsp3) is 0.226. The van der Waals surface area contributed by atoms with Gasteiger partial charge in [0.05, 0.1) is 18.2 Å². The largest absolute Gasteiger partial charge is 0.479 e. The zero-order valence-corrected chi connectivity index (χ0v) is 22.6. The number of aromatic nitrogens is 2. The number of aliphatic hydroxyl groups is 1. The molecule has 9 nitrogen and oxygen atoms in total. The third-order valence-electron chi connectivity index (χ3n) is 6.78. The van der Waals surface area contributed by atoms with Crippen LogP contribution >= 0.6 is 0 Å². The smallest absolute Gasteiger partial charge is 0.336 e. The number of nitrogens with zero attached hydrogens (tertiary/aromatic N) is 2. The number of aliphatic carboxylic acids is 1. The van der Waals surface area contributed by atoms with E-state index in [4.69, 9.17) is 0 Å². The molecule has 3 aromatic carbocycles. The summed E-state index contributed by atoms with van der Waals surface area (Å²) in [5, 5.41) is 35.9. The highest BCUT2D eigenvalue weighted by molar-refractivity contribution is 5.96. The van der Waals surface area contributed by atoms with Crippen LogP contribution in [0.4, 0.5) is 8.78 Å². The van der Waals surface area contributed by atoms with Crippen molar-refractivity contribution in [3.63, 3.8) is 0 Å². The van der Waals surface area contributed by atoms with E-state index in [0.717, 1.165) is 0 Å². The quantitative estimate of drug-likeness (QED) is 0.197. The molecule has 0 unspecified atom stereocenters. The van der Waals surface area contributed by atoms with E-state index in [1.807, 2.05) is 6.92 Å². The van der Waals surface area contributed by atoms with Crippen LogP contribution in [0.5, 0.6) is 0 Å². The van der Waals surface area contributed by atoms with Crippen LogP contribution in [0.3, 0.4) is 0 Å². The maximum Gasteiger partial charge on any atom is 0.336 e. The average Bonchev–Trinajstić information content (AvgIpc) is 3.37. The molecule has 0 saturated heterocycles. The first-order valence-electron chi connectivity index (χ1n) is 13.2. The number of aryl methyl sites for hydroxylation is 1. The van der Waals surface area contributed by atoms with E-state index < -0.39 is 41.6 Å². The second kappa shape index (κ2) is 13.2. The van der Waals surface area contributed by atoms with Crippen LogP contribution in [-0.4, -0.2) is 55.1 Å². The molecule has 0 aliphatic heterocycles. The highest BCUT2D eigenvalue weighted by atomic mass is 19.2. The zero-order chi connectivity index (χ0) is 30.4. The third kappa shape index (κ3) is 6.69. The molecule has 4 N–H and O–H groups in total. The Morgan fingerprint density at radius 1 is 0.929 bits per heavy atom. The number of hydrogen-bond donors (Lipinski definition) is 4. The lowest BCUT2D eigenvalue weighted by molar-refractivity contribution is -0.148. The topological polar surface area (TPSA) is 142 Å².